The first-order chi connectivity index (χ1) is 9.70. The minimum Gasteiger partial charge on any atom is -0.484 e. The quantitative estimate of drug-likeness (QED) is 0.723. The van der Waals surface area contributed by atoms with E-state index in [-0.39, 0.29) is 18.3 Å². The van der Waals surface area contributed by atoms with Crippen molar-refractivity contribution in [3.8, 4) is 17.4 Å². The lowest BCUT2D eigenvalue weighted by Gasteiger charge is -2.01. The van der Waals surface area contributed by atoms with Gasteiger partial charge in [0.2, 0.25) is 0 Å². The summed E-state index contributed by atoms with van der Waals surface area (Å²) < 4.78 is 29.4. The van der Waals surface area contributed by atoms with Crippen LogP contribution in [0.25, 0.3) is 11.7 Å². The Bertz CT molecular complexity index is 708. The second kappa shape index (κ2) is 5.46. The van der Waals surface area contributed by atoms with E-state index in [1.165, 1.54) is 24.3 Å². The standard InChI is InChI=1S/C13H8BrFN2O3/c14-11-6-5-10(19-11)13-17-16-12(20-13)7-18-9-3-1-8(15)2-4-9/h1-6H,7H2. The molecule has 0 atom stereocenters. The van der Waals surface area contributed by atoms with Gasteiger partial charge in [-0.3, -0.25) is 0 Å². The van der Waals surface area contributed by atoms with Crippen LogP contribution in [0.3, 0.4) is 0 Å². The highest BCUT2D eigenvalue weighted by Gasteiger charge is 2.12. The summed E-state index contributed by atoms with van der Waals surface area (Å²) in [5.41, 5.74) is 0. The maximum Gasteiger partial charge on any atom is 0.283 e. The SMILES string of the molecule is Fc1ccc(OCc2nnc(-c3ccc(Br)o3)o2)cc1. The van der Waals surface area contributed by atoms with E-state index in [4.69, 9.17) is 13.6 Å². The van der Waals surface area contributed by atoms with Gasteiger partial charge in [0.25, 0.3) is 11.8 Å². The normalized spacial score (nSPS) is 10.7. The summed E-state index contributed by atoms with van der Waals surface area (Å²) in [5.74, 6) is 1.25. The Morgan fingerprint density at radius 1 is 1.05 bits per heavy atom. The Kier molecular flexibility index (Phi) is 3.51. The number of halogens is 2. The molecular weight excluding hydrogens is 331 g/mol. The van der Waals surface area contributed by atoms with Crippen molar-refractivity contribution in [2.45, 2.75) is 6.61 Å². The lowest BCUT2D eigenvalue weighted by atomic mass is 10.3. The van der Waals surface area contributed by atoms with Gasteiger partial charge < -0.3 is 13.6 Å². The lowest BCUT2D eigenvalue weighted by molar-refractivity contribution is 0.263. The largest absolute Gasteiger partial charge is 0.484 e. The molecule has 0 spiro atoms. The molecule has 3 rings (SSSR count). The minimum atomic E-state index is -0.319. The number of furan rings is 1. The van der Waals surface area contributed by atoms with Crippen LogP contribution in [0.1, 0.15) is 5.89 Å². The summed E-state index contributed by atoms with van der Waals surface area (Å²) in [6, 6.07) is 9.12. The second-order valence-electron chi connectivity index (χ2n) is 3.85. The smallest absolute Gasteiger partial charge is 0.283 e. The molecular formula is C13H8BrFN2O3. The van der Waals surface area contributed by atoms with Crippen molar-refractivity contribution in [1.82, 2.24) is 10.2 Å². The third kappa shape index (κ3) is 2.88. The van der Waals surface area contributed by atoms with Gasteiger partial charge in [0, 0.05) is 0 Å². The molecule has 0 amide bonds. The summed E-state index contributed by atoms with van der Waals surface area (Å²) >= 11 is 3.19. The van der Waals surface area contributed by atoms with Crippen LogP contribution in [0.5, 0.6) is 5.75 Å². The van der Waals surface area contributed by atoms with Crippen LogP contribution >= 0.6 is 15.9 Å². The molecule has 0 unspecified atom stereocenters. The fourth-order valence-corrected chi connectivity index (χ4v) is 1.82. The zero-order chi connectivity index (χ0) is 13.9. The van der Waals surface area contributed by atoms with E-state index in [1.54, 1.807) is 12.1 Å². The van der Waals surface area contributed by atoms with Crippen LogP contribution in [-0.4, -0.2) is 10.2 Å². The second-order valence-corrected chi connectivity index (χ2v) is 4.63. The zero-order valence-corrected chi connectivity index (χ0v) is 11.6. The fourth-order valence-electron chi connectivity index (χ4n) is 1.52. The van der Waals surface area contributed by atoms with Crippen LogP contribution in [0.2, 0.25) is 0 Å². The van der Waals surface area contributed by atoms with E-state index in [9.17, 15) is 4.39 Å². The van der Waals surface area contributed by atoms with Crippen molar-refractivity contribution < 1.29 is 18.0 Å². The molecule has 0 aliphatic rings. The third-order valence-corrected chi connectivity index (χ3v) is 2.85. The molecule has 0 fully saturated rings. The molecule has 0 bridgehead atoms. The number of nitrogens with zero attached hydrogens (tertiary/aromatic N) is 2. The van der Waals surface area contributed by atoms with Crippen LogP contribution in [0.4, 0.5) is 4.39 Å². The average Bonchev–Trinajstić information content (AvgIpc) is 3.07. The van der Waals surface area contributed by atoms with Crippen LogP contribution < -0.4 is 4.74 Å². The third-order valence-electron chi connectivity index (χ3n) is 2.43. The molecule has 1 aromatic carbocycles. The molecule has 3 aromatic rings. The molecule has 0 radical (unpaired) electrons. The molecule has 0 aliphatic carbocycles. The van der Waals surface area contributed by atoms with Gasteiger partial charge in [-0.15, -0.1) is 10.2 Å². The predicted octanol–water partition coefficient (Wildman–Crippen LogP) is 3.81. The highest BCUT2D eigenvalue weighted by atomic mass is 79.9. The number of rotatable bonds is 4. The summed E-state index contributed by atoms with van der Waals surface area (Å²) in [4.78, 5) is 0. The number of ether oxygens (including phenoxy) is 1. The first kappa shape index (κ1) is 12.9. The topological polar surface area (TPSA) is 61.3 Å². The molecule has 5 nitrogen and oxygen atoms in total. The van der Waals surface area contributed by atoms with Crippen molar-refractivity contribution in [3.63, 3.8) is 0 Å². The van der Waals surface area contributed by atoms with Crippen molar-refractivity contribution in [3.05, 3.63) is 52.8 Å². The molecule has 2 heterocycles. The highest BCUT2D eigenvalue weighted by molar-refractivity contribution is 9.10. The van der Waals surface area contributed by atoms with Gasteiger partial charge in [-0.2, -0.15) is 0 Å². The molecule has 0 saturated carbocycles. The lowest BCUT2D eigenvalue weighted by Crippen LogP contribution is -1.95. The Morgan fingerprint density at radius 3 is 2.55 bits per heavy atom. The van der Waals surface area contributed by atoms with Gasteiger partial charge in [-0.05, 0) is 52.3 Å². The molecule has 20 heavy (non-hydrogen) atoms. The summed E-state index contributed by atoms with van der Waals surface area (Å²) in [6.45, 7) is 0.0977. The van der Waals surface area contributed by atoms with Crippen molar-refractivity contribution in [2.75, 3.05) is 0 Å². The zero-order valence-electron chi connectivity index (χ0n) is 10.0. The van der Waals surface area contributed by atoms with Gasteiger partial charge in [0.05, 0.1) is 0 Å². The van der Waals surface area contributed by atoms with Crippen LogP contribution in [0, 0.1) is 5.82 Å². The Labute approximate surface area is 121 Å². The predicted molar refractivity (Wildman–Crippen MR) is 70.4 cm³/mol. The van der Waals surface area contributed by atoms with E-state index in [1.807, 2.05) is 0 Å². The summed E-state index contributed by atoms with van der Waals surface area (Å²) in [6.07, 6.45) is 0. The van der Waals surface area contributed by atoms with Crippen molar-refractivity contribution >= 4 is 15.9 Å². The van der Waals surface area contributed by atoms with Gasteiger partial charge in [-0.25, -0.2) is 4.39 Å². The first-order valence-electron chi connectivity index (χ1n) is 5.67. The van der Waals surface area contributed by atoms with Crippen LogP contribution in [0.15, 0.2) is 49.9 Å². The van der Waals surface area contributed by atoms with E-state index >= 15 is 0 Å². The van der Waals surface area contributed by atoms with E-state index in [0.29, 0.717) is 22.1 Å². The molecule has 0 N–H and O–H groups in total. The molecule has 2 aromatic heterocycles. The average molecular weight is 339 g/mol. The Balaban J connectivity index is 1.67. The maximum absolute atomic E-state index is 12.7. The van der Waals surface area contributed by atoms with Crippen molar-refractivity contribution in [1.29, 1.82) is 0 Å². The molecule has 0 saturated heterocycles. The number of benzene rings is 1. The molecule has 0 aliphatic heterocycles. The summed E-state index contributed by atoms with van der Waals surface area (Å²) in [7, 11) is 0. The minimum absolute atomic E-state index is 0.0977. The van der Waals surface area contributed by atoms with Crippen molar-refractivity contribution in [2.24, 2.45) is 0 Å². The molecule has 7 heteroatoms. The van der Waals surface area contributed by atoms with E-state index in [2.05, 4.69) is 26.1 Å². The number of hydrogen-bond donors (Lipinski definition) is 0. The molecule has 102 valence electrons. The van der Waals surface area contributed by atoms with E-state index < -0.39 is 0 Å². The van der Waals surface area contributed by atoms with Gasteiger partial charge >= 0.3 is 0 Å². The Morgan fingerprint density at radius 2 is 1.85 bits per heavy atom. The Hall–Kier alpha value is -2.15. The van der Waals surface area contributed by atoms with Gasteiger partial charge in [0.15, 0.2) is 17.0 Å². The summed E-state index contributed by atoms with van der Waals surface area (Å²) in [5, 5.41) is 7.70. The van der Waals surface area contributed by atoms with Gasteiger partial charge in [-0.1, -0.05) is 0 Å². The first-order valence-corrected chi connectivity index (χ1v) is 6.46. The van der Waals surface area contributed by atoms with E-state index in [0.717, 1.165) is 0 Å². The number of aromatic nitrogens is 2. The monoisotopic (exact) mass is 338 g/mol. The van der Waals surface area contributed by atoms with Crippen LogP contribution in [-0.2, 0) is 6.61 Å². The maximum atomic E-state index is 12.7. The highest BCUT2D eigenvalue weighted by Crippen LogP contribution is 2.24. The number of hydrogen-bond acceptors (Lipinski definition) is 5. The fraction of sp³-hybridized carbons (Fsp3) is 0.0769. The van der Waals surface area contributed by atoms with Gasteiger partial charge in [0.1, 0.15) is 11.6 Å².